The number of nitrogens with one attached hydrogen (secondary N) is 1. The van der Waals surface area contributed by atoms with Crippen LogP contribution in [0.15, 0.2) is 54.7 Å². The highest BCUT2D eigenvalue weighted by atomic mass is 16.1. The standard InChI is InChI=1S/C22H21N3O/c26-21(25-22-10-8-15(14-22)9-11-22)17-13-20(19-7-3-4-12-23-19)24-18-6-2-1-5-16(17)18/h1-7,12-13,15H,8-11,14H2,(H,25,26). The van der Waals surface area contributed by atoms with Crippen LogP contribution in [0.4, 0.5) is 0 Å². The first-order valence-corrected chi connectivity index (χ1v) is 9.36. The minimum absolute atomic E-state index is 0.0112. The summed E-state index contributed by atoms with van der Waals surface area (Å²) in [5, 5.41) is 4.28. The van der Waals surface area contributed by atoms with Crippen molar-refractivity contribution in [1.29, 1.82) is 0 Å². The van der Waals surface area contributed by atoms with Crippen LogP contribution in [-0.2, 0) is 0 Å². The molecule has 0 aliphatic heterocycles. The van der Waals surface area contributed by atoms with Gasteiger partial charge in [0, 0.05) is 17.1 Å². The third-order valence-corrected chi connectivity index (χ3v) is 6.01. The van der Waals surface area contributed by atoms with E-state index in [-0.39, 0.29) is 11.4 Å². The maximum Gasteiger partial charge on any atom is 0.252 e. The van der Waals surface area contributed by atoms with Gasteiger partial charge in [0.05, 0.1) is 22.5 Å². The lowest BCUT2D eigenvalue weighted by Crippen LogP contribution is -2.45. The molecule has 26 heavy (non-hydrogen) atoms. The number of amides is 1. The van der Waals surface area contributed by atoms with Gasteiger partial charge in [0.15, 0.2) is 0 Å². The number of rotatable bonds is 3. The third-order valence-electron chi connectivity index (χ3n) is 6.01. The number of benzene rings is 1. The summed E-state index contributed by atoms with van der Waals surface area (Å²) in [6.07, 6.45) is 7.60. The van der Waals surface area contributed by atoms with Crippen molar-refractivity contribution in [3.8, 4) is 11.4 Å². The summed E-state index contributed by atoms with van der Waals surface area (Å²) < 4.78 is 0. The van der Waals surface area contributed by atoms with Crippen LogP contribution in [0.3, 0.4) is 0 Å². The second-order valence-corrected chi connectivity index (χ2v) is 7.67. The first-order valence-electron chi connectivity index (χ1n) is 9.36. The molecule has 2 aromatic heterocycles. The Hall–Kier alpha value is -2.75. The maximum absolute atomic E-state index is 13.2. The molecular weight excluding hydrogens is 322 g/mol. The van der Waals surface area contributed by atoms with Gasteiger partial charge in [-0.05, 0) is 62.3 Å². The van der Waals surface area contributed by atoms with Crippen molar-refractivity contribution in [3.63, 3.8) is 0 Å². The third kappa shape index (κ3) is 2.57. The van der Waals surface area contributed by atoms with Crippen LogP contribution in [0.1, 0.15) is 42.5 Å². The number of pyridine rings is 2. The Morgan fingerprint density at radius 1 is 1.04 bits per heavy atom. The molecule has 2 heterocycles. The summed E-state index contributed by atoms with van der Waals surface area (Å²) in [5.74, 6) is 0.817. The van der Waals surface area contributed by atoms with E-state index in [4.69, 9.17) is 4.98 Å². The van der Waals surface area contributed by atoms with Gasteiger partial charge in [-0.3, -0.25) is 9.78 Å². The SMILES string of the molecule is O=C(NC12CCC(CC1)C2)c1cc(-c2ccccn2)nc2ccccc12. The number of hydrogen-bond acceptors (Lipinski definition) is 3. The Labute approximate surface area is 152 Å². The quantitative estimate of drug-likeness (QED) is 0.769. The van der Waals surface area contributed by atoms with Crippen LogP contribution in [0.25, 0.3) is 22.3 Å². The predicted octanol–water partition coefficient (Wildman–Crippen LogP) is 4.36. The Kier molecular flexibility index (Phi) is 3.52. The van der Waals surface area contributed by atoms with Crippen molar-refractivity contribution in [2.75, 3.05) is 0 Å². The van der Waals surface area contributed by atoms with E-state index in [1.165, 1.54) is 12.8 Å². The lowest BCUT2D eigenvalue weighted by molar-refractivity contribution is 0.0902. The van der Waals surface area contributed by atoms with Crippen LogP contribution in [0, 0.1) is 5.92 Å². The van der Waals surface area contributed by atoms with Gasteiger partial charge in [0.2, 0.25) is 0 Å². The number of hydrogen-bond donors (Lipinski definition) is 1. The Balaban J connectivity index is 1.58. The summed E-state index contributed by atoms with van der Waals surface area (Å²) in [4.78, 5) is 22.3. The molecule has 2 aliphatic carbocycles. The molecule has 1 amide bonds. The van der Waals surface area contributed by atoms with Gasteiger partial charge in [-0.1, -0.05) is 24.3 Å². The number of carbonyl (C=O) groups is 1. The zero-order valence-corrected chi connectivity index (χ0v) is 14.6. The fourth-order valence-corrected chi connectivity index (χ4v) is 4.68. The van der Waals surface area contributed by atoms with E-state index < -0.39 is 0 Å². The molecule has 4 nitrogen and oxygen atoms in total. The molecule has 2 fully saturated rings. The Morgan fingerprint density at radius 3 is 2.58 bits per heavy atom. The average molecular weight is 343 g/mol. The number of aromatic nitrogens is 2. The zero-order valence-electron chi connectivity index (χ0n) is 14.6. The summed E-state index contributed by atoms with van der Waals surface area (Å²) in [5.41, 5.74) is 3.06. The van der Waals surface area contributed by atoms with E-state index in [1.807, 2.05) is 48.5 Å². The van der Waals surface area contributed by atoms with Crippen molar-refractivity contribution in [1.82, 2.24) is 15.3 Å². The first kappa shape index (κ1) is 15.5. The normalized spacial score (nSPS) is 24.1. The van der Waals surface area contributed by atoms with Gasteiger partial charge < -0.3 is 5.32 Å². The van der Waals surface area contributed by atoms with Gasteiger partial charge in [-0.2, -0.15) is 0 Å². The molecule has 1 N–H and O–H groups in total. The molecule has 4 heteroatoms. The van der Waals surface area contributed by atoms with Gasteiger partial charge in [0.25, 0.3) is 5.91 Å². The molecule has 2 aliphatic rings. The monoisotopic (exact) mass is 343 g/mol. The number of fused-ring (bicyclic) bond motifs is 3. The van der Waals surface area contributed by atoms with Gasteiger partial charge in [0.1, 0.15) is 0 Å². The predicted molar refractivity (Wildman–Crippen MR) is 102 cm³/mol. The van der Waals surface area contributed by atoms with E-state index in [0.29, 0.717) is 5.56 Å². The molecule has 2 bridgehead atoms. The molecule has 130 valence electrons. The highest BCUT2D eigenvalue weighted by Gasteiger charge is 2.45. The van der Waals surface area contributed by atoms with Crippen molar-refractivity contribution in [2.45, 2.75) is 37.6 Å². The second-order valence-electron chi connectivity index (χ2n) is 7.67. The molecule has 0 atom stereocenters. The fourth-order valence-electron chi connectivity index (χ4n) is 4.68. The van der Waals surface area contributed by atoms with Crippen molar-refractivity contribution in [2.24, 2.45) is 5.92 Å². The van der Waals surface area contributed by atoms with Gasteiger partial charge in [-0.15, -0.1) is 0 Å². The van der Waals surface area contributed by atoms with E-state index in [0.717, 1.165) is 47.5 Å². The molecule has 0 spiro atoms. The van der Waals surface area contributed by atoms with Gasteiger partial charge in [-0.25, -0.2) is 4.98 Å². The van der Waals surface area contributed by atoms with Crippen LogP contribution in [0.2, 0.25) is 0 Å². The van der Waals surface area contributed by atoms with Crippen LogP contribution in [-0.4, -0.2) is 21.4 Å². The van der Waals surface area contributed by atoms with E-state index >= 15 is 0 Å². The summed E-state index contributed by atoms with van der Waals surface area (Å²) >= 11 is 0. The summed E-state index contributed by atoms with van der Waals surface area (Å²) in [7, 11) is 0. The molecule has 2 saturated carbocycles. The maximum atomic E-state index is 13.2. The molecule has 5 rings (SSSR count). The highest BCUT2D eigenvalue weighted by molar-refractivity contribution is 6.07. The molecule has 3 aromatic rings. The Morgan fingerprint density at radius 2 is 1.85 bits per heavy atom. The fraction of sp³-hybridized carbons (Fsp3) is 0.318. The van der Waals surface area contributed by atoms with Crippen LogP contribution >= 0.6 is 0 Å². The average Bonchev–Trinajstić information content (AvgIpc) is 3.28. The highest BCUT2D eigenvalue weighted by Crippen LogP contribution is 2.47. The van der Waals surface area contributed by atoms with Crippen molar-refractivity contribution >= 4 is 16.8 Å². The second kappa shape index (κ2) is 5.90. The minimum atomic E-state index is 0.0112. The zero-order chi connectivity index (χ0) is 17.6. The van der Waals surface area contributed by atoms with E-state index in [9.17, 15) is 4.79 Å². The van der Waals surface area contributed by atoms with E-state index in [1.54, 1.807) is 6.20 Å². The molecule has 1 aromatic carbocycles. The summed E-state index contributed by atoms with van der Waals surface area (Å²) in [6, 6.07) is 15.5. The number of nitrogens with zero attached hydrogens (tertiary/aromatic N) is 2. The smallest absolute Gasteiger partial charge is 0.252 e. The summed E-state index contributed by atoms with van der Waals surface area (Å²) in [6.45, 7) is 0. The lowest BCUT2D eigenvalue weighted by Gasteiger charge is -2.28. The molecular formula is C22H21N3O. The van der Waals surface area contributed by atoms with Crippen LogP contribution < -0.4 is 5.32 Å². The largest absolute Gasteiger partial charge is 0.347 e. The topological polar surface area (TPSA) is 54.9 Å². The molecule has 0 saturated heterocycles. The van der Waals surface area contributed by atoms with Crippen LogP contribution in [0.5, 0.6) is 0 Å². The number of carbonyl (C=O) groups excluding carboxylic acids is 1. The molecule has 0 radical (unpaired) electrons. The Bertz CT molecular complexity index is 975. The number of para-hydroxylation sites is 1. The molecule has 0 unspecified atom stereocenters. The van der Waals surface area contributed by atoms with E-state index in [2.05, 4.69) is 10.3 Å². The minimum Gasteiger partial charge on any atom is -0.347 e. The lowest BCUT2D eigenvalue weighted by atomic mass is 9.93. The van der Waals surface area contributed by atoms with Crippen molar-refractivity contribution in [3.05, 3.63) is 60.3 Å². The first-order chi connectivity index (χ1) is 12.7. The van der Waals surface area contributed by atoms with Crippen molar-refractivity contribution < 1.29 is 4.79 Å². The van der Waals surface area contributed by atoms with Gasteiger partial charge >= 0.3 is 0 Å².